The van der Waals surface area contributed by atoms with Gasteiger partial charge in [0, 0.05) is 15.7 Å². The van der Waals surface area contributed by atoms with Gasteiger partial charge in [0.2, 0.25) is 0 Å². The fraction of sp³-hybridized carbons (Fsp3) is 0. The zero-order valence-electron chi connectivity index (χ0n) is 9.88. The van der Waals surface area contributed by atoms with Crippen LogP contribution in [0.25, 0.3) is 0 Å². The summed E-state index contributed by atoms with van der Waals surface area (Å²) in [5, 5.41) is 8.17. The van der Waals surface area contributed by atoms with Crippen molar-refractivity contribution in [1.29, 1.82) is 0 Å². The van der Waals surface area contributed by atoms with Crippen molar-refractivity contribution in [2.45, 2.75) is 0 Å². The molecule has 0 atom stereocenters. The van der Waals surface area contributed by atoms with Crippen LogP contribution in [0.15, 0.2) is 36.4 Å². The van der Waals surface area contributed by atoms with E-state index in [0.717, 1.165) is 0 Å². The molecule has 2 N–H and O–H groups in total. The van der Waals surface area contributed by atoms with Gasteiger partial charge in [-0.05, 0) is 42.5 Å². The molecular weight excluding hydrogens is 358 g/mol. The van der Waals surface area contributed by atoms with Crippen LogP contribution in [-0.4, -0.2) is 5.11 Å². The quantitative estimate of drug-likeness (QED) is 0.628. The molecule has 2 aromatic carbocycles. The van der Waals surface area contributed by atoms with E-state index in [1.54, 1.807) is 36.4 Å². The van der Waals surface area contributed by atoms with Gasteiger partial charge >= 0.3 is 0 Å². The molecule has 2 nitrogen and oxygen atoms in total. The van der Waals surface area contributed by atoms with Crippen molar-refractivity contribution in [3.63, 3.8) is 0 Å². The van der Waals surface area contributed by atoms with Gasteiger partial charge in [-0.15, -0.1) is 0 Å². The highest BCUT2D eigenvalue weighted by molar-refractivity contribution is 7.80. The molecule has 20 heavy (non-hydrogen) atoms. The van der Waals surface area contributed by atoms with Crippen LogP contribution in [0.4, 0.5) is 11.4 Å². The van der Waals surface area contributed by atoms with Crippen LogP contribution in [-0.2, 0) is 0 Å². The second-order valence-electron chi connectivity index (χ2n) is 3.84. The topological polar surface area (TPSA) is 24.1 Å². The fourth-order valence-electron chi connectivity index (χ4n) is 1.51. The van der Waals surface area contributed by atoms with Crippen molar-refractivity contribution in [3.8, 4) is 0 Å². The summed E-state index contributed by atoms with van der Waals surface area (Å²) in [6.45, 7) is 0. The average Bonchev–Trinajstić information content (AvgIpc) is 2.33. The van der Waals surface area contributed by atoms with Crippen LogP contribution in [0.1, 0.15) is 0 Å². The van der Waals surface area contributed by atoms with Gasteiger partial charge in [0.25, 0.3) is 0 Å². The zero-order chi connectivity index (χ0) is 14.7. The molecule has 0 bridgehead atoms. The SMILES string of the molecule is S=C(Nc1cc(Cl)cc(Cl)c1)Nc1cccc(Cl)c1Cl. The Labute approximate surface area is 142 Å². The number of rotatable bonds is 2. The van der Waals surface area contributed by atoms with Crippen molar-refractivity contribution in [2.75, 3.05) is 10.6 Å². The summed E-state index contributed by atoms with van der Waals surface area (Å²) in [5.74, 6) is 0. The normalized spacial score (nSPS) is 10.2. The third kappa shape index (κ3) is 4.14. The molecule has 0 aromatic heterocycles. The van der Waals surface area contributed by atoms with Crippen LogP contribution in [0.5, 0.6) is 0 Å². The van der Waals surface area contributed by atoms with Crippen molar-refractivity contribution >= 4 is 75.1 Å². The fourth-order valence-corrected chi connectivity index (χ4v) is 2.61. The first kappa shape index (κ1) is 15.7. The van der Waals surface area contributed by atoms with E-state index in [1.165, 1.54) is 0 Å². The summed E-state index contributed by atoms with van der Waals surface area (Å²) in [6, 6.07) is 10.3. The highest BCUT2D eigenvalue weighted by atomic mass is 35.5. The van der Waals surface area contributed by atoms with E-state index in [4.69, 9.17) is 58.6 Å². The lowest BCUT2D eigenvalue weighted by Crippen LogP contribution is -2.19. The largest absolute Gasteiger partial charge is 0.332 e. The van der Waals surface area contributed by atoms with Crippen molar-refractivity contribution in [3.05, 3.63) is 56.5 Å². The minimum absolute atomic E-state index is 0.354. The van der Waals surface area contributed by atoms with Crippen LogP contribution in [0.3, 0.4) is 0 Å². The van der Waals surface area contributed by atoms with Crippen LogP contribution >= 0.6 is 58.6 Å². The smallest absolute Gasteiger partial charge is 0.175 e. The van der Waals surface area contributed by atoms with Gasteiger partial charge in [0.05, 0.1) is 15.7 Å². The van der Waals surface area contributed by atoms with E-state index in [1.807, 2.05) is 0 Å². The Morgan fingerprint density at radius 3 is 2.20 bits per heavy atom. The Morgan fingerprint density at radius 2 is 1.55 bits per heavy atom. The molecular formula is C13H8Cl4N2S. The molecule has 0 saturated heterocycles. The van der Waals surface area contributed by atoms with Gasteiger partial charge in [0.15, 0.2) is 5.11 Å². The minimum atomic E-state index is 0.354. The van der Waals surface area contributed by atoms with Gasteiger partial charge in [-0.2, -0.15) is 0 Å². The lowest BCUT2D eigenvalue weighted by molar-refractivity contribution is 1.59. The molecule has 0 aliphatic rings. The van der Waals surface area contributed by atoms with E-state index in [2.05, 4.69) is 10.6 Å². The standard InChI is InChI=1S/C13H8Cl4N2S/c14-7-4-8(15)6-9(5-7)18-13(20)19-11-3-1-2-10(16)12(11)17/h1-6H,(H2,18,19,20). The summed E-state index contributed by atoms with van der Waals surface area (Å²) in [4.78, 5) is 0. The Balaban J connectivity index is 2.11. The number of thiocarbonyl (C=S) groups is 1. The van der Waals surface area contributed by atoms with Crippen LogP contribution in [0, 0.1) is 0 Å². The highest BCUT2D eigenvalue weighted by Crippen LogP contribution is 2.29. The van der Waals surface area contributed by atoms with Crippen LogP contribution in [0.2, 0.25) is 20.1 Å². The second-order valence-corrected chi connectivity index (χ2v) is 5.90. The molecule has 0 amide bonds. The Kier molecular flexibility index (Phi) is 5.35. The maximum Gasteiger partial charge on any atom is 0.175 e. The number of hydrogen-bond donors (Lipinski definition) is 2. The first-order valence-electron chi connectivity index (χ1n) is 5.44. The molecule has 0 saturated carbocycles. The Hall–Kier alpha value is -0.710. The Bertz CT molecular complexity index is 641. The maximum absolute atomic E-state index is 6.07. The average molecular weight is 366 g/mol. The van der Waals surface area contributed by atoms with E-state index in [0.29, 0.717) is 36.6 Å². The van der Waals surface area contributed by atoms with Crippen molar-refractivity contribution in [1.82, 2.24) is 0 Å². The molecule has 0 aliphatic carbocycles. The van der Waals surface area contributed by atoms with Gasteiger partial charge < -0.3 is 10.6 Å². The monoisotopic (exact) mass is 364 g/mol. The number of hydrogen-bond acceptors (Lipinski definition) is 1. The highest BCUT2D eigenvalue weighted by Gasteiger charge is 2.06. The van der Waals surface area contributed by atoms with E-state index < -0.39 is 0 Å². The zero-order valence-corrected chi connectivity index (χ0v) is 13.7. The molecule has 104 valence electrons. The molecule has 2 aromatic rings. The number of nitrogens with one attached hydrogen (secondary N) is 2. The second kappa shape index (κ2) is 6.83. The van der Waals surface area contributed by atoms with E-state index >= 15 is 0 Å². The first-order chi connectivity index (χ1) is 9.45. The summed E-state index contributed by atoms with van der Waals surface area (Å²) < 4.78 is 0. The molecule has 0 radical (unpaired) electrons. The number of halogens is 4. The number of benzene rings is 2. The molecule has 7 heteroatoms. The van der Waals surface area contributed by atoms with Gasteiger partial charge in [-0.1, -0.05) is 52.5 Å². The summed E-state index contributed by atoms with van der Waals surface area (Å²) in [5.41, 5.74) is 1.29. The summed E-state index contributed by atoms with van der Waals surface area (Å²) in [6.07, 6.45) is 0. The predicted molar refractivity (Wildman–Crippen MR) is 92.8 cm³/mol. The molecule has 0 spiro atoms. The third-order valence-electron chi connectivity index (χ3n) is 2.32. The summed E-state index contributed by atoms with van der Waals surface area (Å²) >= 11 is 29.0. The summed E-state index contributed by atoms with van der Waals surface area (Å²) in [7, 11) is 0. The van der Waals surface area contributed by atoms with Gasteiger partial charge in [-0.25, -0.2) is 0 Å². The molecule has 0 aliphatic heterocycles. The van der Waals surface area contributed by atoms with Crippen molar-refractivity contribution < 1.29 is 0 Å². The third-order valence-corrected chi connectivity index (χ3v) is 3.78. The van der Waals surface area contributed by atoms with Crippen LogP contribution < -0.4 is 10.6 Å². The molecule has 0 unspecified atom stereocenters. The first-order valence-corrected chi connectivity index (χ1v) is 7.36. The number of anilines is 2. The molecule has 0 fully saturated rings. The van der Waals surface area contributed by atoms with Gasteiger partial charge in [0.1, 0.15) is 0 Å². The molecule has 0 heterocycles. The lowest BCUT2D eigenvalue weighted by atomic mass is 10.3. The van der Waals surface area contributed by atoms with Crippen molar-refractivity contribution in [2.24, 2.45) is 0 Å². The Morgan fingerprint density at radius 1 is 0.900 bits per heavy atom. The van der Waals surface area contributed by atoms with Gasteiger partial charge in [-0.3, -0.25) is 0 Å². The minimum Gasteiger partial charge on any atom is -0.332 e. The molecule has 2 rings (SSSR count). The van der Waals surface area contributed by atoms with E-state index in [-0.39, 0.29) is 0 Å². The van der Waals surface area contributed by atoms with E-state index in [9.17, 15) is 0 Å². The predicted octanol–water partition coefficient (Wildman–Crippen LogP) is 6.11. The maximum atomic E-state index is 6.07. The lowest BCUT2D eigenvalue weighted by Gasteiger charge is -2.12.